The molecule has 0 bridgehead atoms. The van der Waals surface area contributed by atoms with Crippen LogP contribution in [0.5, 0.6) is 0 Å². The zero-order valence-corrected chi connectivity index (χ0v) is 11.5. The molecule has 1 aromatic heterocycles. The van der Waals surface area contributed by atoms with Crippen LogP contribution in [-0.4, -0.2) is 49.5 Å². The van der Waals surface area contributed by atoms with Crippen LogP contribution in [0.2, 0.25) is 0 Å². The van der Waals surface area contributed by atoms with Crippen LogP contribution in [0.15, 0.2) is 12.3 Å². The molecule has 0 radical (unpaired) electrons. The van der Waals surface area contributed by atoms with Gasteiger partial charge in [0.1, 0.15) is 5.82 Å². The molecule has 6 nitrogen and oxygen atoms in total. The van der Waals surface area contributed by atoms with Crippen molar-refractivity contribution in [1.82, 2.24) is 9.88 Å². The predicted molar refractivity (Wildman–Crippen MR) is 76.0 cm³/mol. The molecule has 1 unspecified atom stereocenters. The summed E-state index contributed by atoms with van der Waals surface area (Å²) in [6, 6.07) is 1.59. The Kier molecular flexibility index (Phi) is 3.90. The lowest BCUT2D eigenvalue weighted by atomic mass is 10.1. The molecule has 1 atom stereocenters. The summed E-state index contributed by atoms with van der Waals surface area (Å²) in [6.07, 6.45) is 2.72. The van der Waals surface area contributed by atoms with Gasteiger partial charge in [-0.15, -0.1) is 0 Å². The molecular formula is C13H21N5O. The Hall–Kier alpha value is -1.82. The monoisotopic (exact) mass is 263 g/mol. The van der Waals surface area contributed by atoms with Crippen molar-refractivity contribution >= 4 is 17.4 Å². The number of likely N-dealkylation sites (tertiary alicyclic amines) is 1. The van der Waals surface area contributed by atoms with Crippen molar-refractivity contribution in [1.29, 1.82) is 0 Å². The number of carbonyl (C=O) groups is 1. The summed E-state index contributed by atoms with van der Waals surface area (Å²) in [4.78, 5) is 20.0. The maximum Gasteiger partial charge on any atom is 0.252 e. The molecule has 19 heavy (non-hydrogen) atoms. The minimum Gasteiger partial charge on any atom is -0.397 e. The maximum atomic E-state index is 11.5. The Morgan fingerprint density at radius 3 is 2.95 bits per heavy atom. The largest absolute Gasteiger partial charge is 0.397 e. The summed E-state index contributed by atoms with van der Waals surface area (Å²) in [5.74, 6) is 0.705. The third kappa shape index (κ3) is 3.14. The average molecular weight is 263 g/mol. The van der Waals surface area contributed by atoms with E-state index in [0.717, 1.165) is 19.6 Å². The fraction of sp³-hybridized carbons (Fsp3) is 0.538. The van der Waals surface area contributed by atoms with Gasteiger partial charge < -0.3 is 21.3 Å². The van der Waals surface area contributed by atoms with E-state index >= 15 is 0 Å². The number of anilines is 2. The molecule has 104 valence electrons. The second-order valence-electron chi connectivity index (χ2n) is 5.30. The van der Waals surface area contributed by atoms with E-state index in [9.17, 15) is 4.79 Å². The first-order chi connectivity index (χ1) is 8.97. The van der Waals surface area contributed by atoms with Crippen LogP contribution in [0.3, 0.4) is 0 Å². The number of amides is 1. The van der Waals surface area contributed by atoms with Gasteiger partial charge in [0.15, 0.2) is 0 Å². The molecule has 0 spiro atoms. The molecule has 0 aliphatic carbocycles. The van der Waals surface area contributed by atoms with Crippen LogP contribution < -0.4 is 16.4 Å². The number of rotatable bonds is 4. The summed E-state index contributed by atoms with van der Waals surface area (Å²) >= 11 is 0. The molecule has 1 saturated heterocycles. The summed E-state index contributed by atoms with van der Waals surface area (Å²) in [7, 11) is 4.06. The number of carbonyl (C=O) groups excluding carboxylic acids is 1. The van der Waals surface area contributed by atoms with E-state index in [1.54, 1.807) is 12.3 Å². The van der Waals surface area contributed by atoms with Crippen molar-refractivity contribution < 1.29 is 4.79 Å². The lowest BCUT2D eigenvalue weighted by Gasteiger charge is -2.23. The summed E-state index contributed by atoms with van der Waals surface area (Å²) in [5, 5.41) is 0. The van der Waals surface area contributed by atoms with Gasteiger partial charge in [-0.25, -0.2) is 4.98 Å². The summed E-state index contributed by atoms with van der Waals surface area (Å²) in [6.45, 7) is 3.06. The first kappa shape index (κ1) is 13.6. The highest BCUT2D eigenvalue weighted by Gasteiger charge is 2.23. The van der Waals surface area contributed by atoms with E-state index in [1.165, 1.54) is 6.42 Å². The highest BCUT2D eigenvalue weighted by atomic mass is 16.1. The molecule has 2 heterocycles. The number of primary amides is 1. The third-order valence-corrected chi connectivity index (χ3v) is 3.54. The van der Waals surface area contributed by atoms with Gasteiger partial charge in [0.05, 0.1) is 17.4 Å². The number of pyridine rings is 1. The Labute approximate surface area is 113 Å². The topological polar surface area (TPSA) is 88.5 Å². The van der Waals surface area contributed by atoms with E-state index < -0.39 is 5.91 Å². The van der Waals surface area contributed by atoms with Crippen molar-refractivity contribution in [3.05, 3.63) is 17.8 Å². The maximum absolute atomic E-state index is 11.5. The van der Waals surface area contributed by atoms with E-state index in [-0.39, 0.29) is 0 Å². The number of hydrogen-bond acceptors (Lipinski definition) is 5. The van der Waals surface area contributed by atoms with Crippen molar-refractivity contribution in [2.24, 2.45) is 11.7 Å². The van der Waals surface area contributed by atoms with Crippen molar-refractivity contribution in [2.45, 2.75) is 6.42 Å². The van der Waals surface area contributed by atoms with E-state index in [0.29, 0.717) is 23.0 Å². The Bertz CT molecular complexity index is 476. The number of nitrogens with zero attached hydrogens (tertiary/aromatic N) is 3. The Balaban J connectivity index is 2.14. The molecule has 0 aromatic carbocycles. The molecule has 6 heteroatoms. The predicted octanol–water partition coefficient (Wildman–Crippen LogP) is 0.151. The van der Waals surface area contributed by atoms with Crippen LogP contribution in [0.25, 0.3) is 0 Å². The average Bonchev–Trinajstić information content (AvgIpc) is 2.74. The summed E-state index contributed by atoms with van der Waals surface area (Å²) in [5.41, 5.74) is 11.9. The number of nitrogen functional groups attached to an aromatic ring is 1. The van der Waals surface area contributed by atoms with Crippen molar-refractivity contribution in [2.75, 3.05) is 44.4 Å². The van der Waals surface area contributed by atoms with Crippen LogP contribution >= 0.6 is 0 Å². The van der Waals surface area contributed by atoms with Crippen LogP contribution in [0.4, 0.5) is 11.5 Å². The van der Waals surface area contributed by atoms with Gasteiger partial charge in [-0.3, -0.25) is 4.79 Å². The zero-order chi connectivity index (χ0) is 14.0. The van der Waals surface area contributed by atoms with Gasteiger partial charge in [-0.2, -0.15) is 0 Å². The lowest BCUT2D eigenvalue weighted by Crippen LogP contribution is -2.30. The van der Waals surface area contributed by atoms with Crippen molar-refractivity contribution in [3.8, 4) is 0 Å². The van der Waals surface area contributed by atoms with Crippen LogP contribution in [0, 0.1) is 5.92 Å². The van der Waals surface area contributed by atoms with Gasteiger partial charge in [-0.05, 0) is 32.0 Å². The standard InChI is InChI=1S/C13H21N5O/c1-17-4-3-9(7-17)8-18(2)13-11(12(15)19)5-10(14)6-16-13/h5-6,9H,3-4,7-8,14H2,1-2H3,(H2,15,19). The van der Waals surface area contributed by atoms with E-state index in [1.807, 2.05) is 11.9 Å². The van der Waals surface area contributed by atoms with Gasteiger partial charge in [0.25, 0.3) is 5.91 Å². The highest BCUT2D eigenvalue weighted by molar-refractivity contribution is 5.98. The van der Waals surface area contributed by atoms with Crippen LogP contribution in [0.1, 0.15) is 16.8 Å². The molecule has 1 amide bonds. The first-order valence-corrected chi connectivity index (χ1v) is 6.42. The van der Waals surface area contributed by atoms with E-state index in [4.69, 9.17) is 11.5 Å². The second-order valence-corrected chi connectivity index (χ2v) is 5.30. The van der Waals surface area contributed by atoms with Crippen LogP contribution in [-0.2, 0) is 0 Å². The molecule has 0 saturated carbocycles. The fourth-order valence-corrected chi connectivity index (χ4v) is 2.61. The Morgan fingerprint density at radius 1 is 1.63 bits per heavy atom. The Morgan fingerprint density at radius 2 is 2.37 bits per heavy atom. The molecule has 2 rings (SSSR count). The lowest BCUT2D eigenvalue weighted by molar-refractivity contribution is 0.100. The van der Waals surface area contributed by atoms with Gasteiger partial charge in [0, 0.05) is 20.1 Å². The number of aromatic nitrogens is 1. The first-order valence-electron chi connectivity index (χ1n) is 6.42. The van der Waals surface area contributed by atoms with Gasteiger partial charge >= 0.3 is 0 Å². The third-order valence-electron chi connectivity index (χ3n) is 3.54. The minimum absolute atomic E-state index is 0.383. The van der Waals surface area contributed by atoms with E-state index in [2.05, 4.69) is 16.9 Å². The molecule has 1 aliphatic heterocycles. The van der Waals surface area contributed by atoms with Gasteiger partial charge in [0.2, 0.25) is 0 Å². The minimum atomic E-state index is -0.495. The molecule has 1 fully saturated rings. The smallest absolute Gasteiger partial charge is 0.252 e. The highest BCUT2D eigenvalue weighted by Crippen LogP contribution is 2.22. The quantitative estimate of drug-likeness (QED) is 0.807. The SMILES string of the molecule is CN1CCC(CN(C)c2ncc(N)cc2C(N)=O)C1. The molecular weight excluding hydrogens is 242 g/mol. The summed E-state index contributed by atoms with van der Waals surface area (Å²) < 4.78 is 0. The van der Waals surface area contributed by atoms with Crippen molar-refractivity contribution in [3.63, 3.8) is 0 Å². The fourth-order valence-electron chi connectivity index (χ4n) is 2.61. The molecule has 1 aromatic rings. The molecule has 4 N–H and O–H groups in total. The zero-order valence-electron chi connectivity index (χ0n) is 11.5. The number of hydrogen-bond donors (Lipinski definition) is 2. The normalized spacial score (nSPS) is 19.6. The molecule has 1 aliphatic rings. The second kappa shape index (κ2) is 5.44. The number of nitrogens with two attached hydrogens (primary N) is 2. The van der Waals surface area contributed by atoms with Gasteiger partial charge in [-0.1, -0.05) is 0 Å².